The molecular weight excluding hydrogens is 175 g/mol. The Labute approximate surface area is 67.7 Å². The van der Waals surface area contributed by atoms with Crippen LogP contribution in [-0.4, -0.2) is 31.2 Å². The second-order valence-electron chi connectivity index (χ2n) is 2.17. The lowest BCUT2D eigenvalue weighted by molar-refractivity contribution is -0.156. The topological polar surface area (TPSA) is 52.3 Å². The number of esters is 1. The number of carbonyl (C=O) groups is 1. The average Bonchev–Trinajstić information content (AvgIpc) is 2.03. The molecule has 0 bridgehead atoms. The van der Waals surface area contributed by atoms with Crippen LogP contribution in [0.1, 0.15) is 6.92 Å². The maximum Gasteiger partial charge on any atom is 0.345 e. The second kappa shape index (κ2) is 4.30. The van der Waals surface area contributed by atoms with E-state index in [1.807, 2.05) is 0 Å². The summed E-state index contributed by atoms with van der Waals surface area (Å²) >= 11 is 0. The van der Waals surface area contributed by atoms with Crippen LogP contribution >= 0.6 is 0 Å². The maximum absolute atomic E-state index is 12.5. The van der Waals surface area contributed by atoms with Gasteiger partial charge in [0.1, 0.15) is 6.67 Å². The van der Waals surface area contributed by atoms with E-state index in [0.29, 0.717) is 0 Å². The second-order valence-corrected chi connectivity index (χ2v) is 2.17. The van der Waals surface area contributed by atoms with Gasteiger partial charge in [-0.3, -0.25) is 5.73 Å². The molecule has 6 heteroatoms. The Morgan fingerprint density at radius 2 is 2.25 bits per heavy atom. The highest BCUT2D eigenvalue weighted by molar-refractivity contribution is 5.76. The molecule has 0 saturated carbocycles. The van der Waals surface area contributed by atoms with E-state index < -0.39 is 24.6 Å². The number of hydrogen-bond donors (Lipinski definition) is 1. The van der Waals surface area contributed by atoms with E-state index in [-0.39, 0.29) is 6.61 Å². The van der Waals surface area contributed by atoms with Crippen LogP contribution in [0.4, 0.5) is 13.2 Å². The lowest BCUT2D eigenvalue weighted by Crippen LogP contribution is -2.50. The molecule has 0 amide bonds. The molecule has 0 aliphatic rings. The Balaban J connectivity index is 4.17. The summed E-state index contributed by atoms with van der Waals surface area (Å²) in [5, 5.41) is 0. The standard InChI is InChI=1S/C6H10F3NO2/c1-2-12-5(11)4(8)6(9,10)3-7/h4H,2-3,10H2,1H3. The van der Waals surface area contributed by atoms with Crippen molar-refractivity contribution in [2.24, 2.45) is 5.73 Å². The molecule has 0 aliphatic carbocycles. The zero-order chi connectivity index (χ0) is 9.78. The molecular formula is C6H10F3NO2. The fourth-order valence-corrected chi connectivity index (χ4v) is 0.479. The number of ether oxygens (including phenoxy) is 1. The molecule has 72 valence electrons. The Morgan fingerprint density at radius 1 is 1.75 bits per heavy atom. The molecule has 2 unspecified atom stereocenters. The predicted octanol–water partition coefficient (Wildman–Crippen LogP) is 0.482. The Bertz CT molecular complexity index is 163. The van der Waals surface area contributed by atoms with Crippen molar-refractivity contribution in [3.05, 3.63) is 0 Å². The van der Waals surface area contributed by atoms with Gasteiger partial charge >= 0.3 is 5.97 Å². The summed E-state index contributed by atoms with van der Waals surface area (Å²) in [5.74, 6) is -4.77. The minimum Gasteiger partial charge on any atom is -0.464 e. The first kappa shape index (κ1) is 11.2. The number of carbonyl (C=O) groups excluding carboxylic acids is 1. The summed E-state index contributed by atoms with van der Waals surface area (Å²) in [6.07, 6.45) is -2.78. The highest BCUT2D eigenvalue weighted by atomic mass is 19.2. The fraction of sp³-hybridized carbons (Fsp3) is 0.833. The van der Waals surface area contributed by atoms with Crippen LogP contribution in [0.2, 0.25) is 0 Å². The van der Waals surface area contributed by atoms with Crippen molar-refractivity contribution < 1.29 is 22.7 Å². The third-order valence-electron chi connectivity index (χ3n) is 1.12. The zero-order valence-corrected chi connectivity index (χ0v) is 6.52. The highest BCUT2D eigenvalue weighted by Crippen LogP contribution is 2.15. The normalized spacial score (nSPS) is 18.1. The first-order valence-electron chi connectivity index (χ1n) is 3.30. The van der Waals surface area contributed by atoms with Crippen LogP contribution in [0.5, 0.6) is 0 Å². The Morgan fingerprint density at radius 3 is 2.58 bits per heavy atom. The third-order valence-corrected chi connectivity index (χ3v) is 1.12. The molecule has 2 N–H and O–H groups in total. The van der Waals surface area contributed by atoms with E-state index in [1.54, 1.807) is 0 Å². The van der Waals surface area contributed by atoms with E-state index in [2.05, 4.69) is 10.5 Å². The van der Waals surface area contributed by atoms with Gasteiger partial charge < -0.3 is 4.74 Å². The zero-order valence-electron chi connectivity index (χ0n) is 6.52. The van der Waals surface area contributed by atoms with Crippen molar-refractivity contribution in [2.45, 2.75) is 18.9 Å². The summed E-state index contributed by atoms with van der Waals surface area (Å²) in [6.45, 7) is -0.467. The van der Waals surface area contributed by atoms with Gasteiger partial charge in [-0.2, -0.15) is 0 Å². The number of hydrogen-bond acceptors (Lipinski definition) is 3. The van der Waals surface area contributed by atoms with Gasteiger partial charge in [0.25, 0.3) is 0 Å². The van der Waals surface area contributed by atoms with Gasteiger partial charge in [-0.25, -0.2) is 18.0 Å². The first-order valence-corrected chi connectivity index (χ1v) is 3.30. The Kier molecular flexibility index (Phi) is 4.02. The number of halogens is 3. The van der Waals surface area contributed by atoms with Gasteiger partial charge in [-0.15, -0.1) is 0 Å². The van der Waals surface area contributed by atoms with Gasteiger partial charge in [-0.1, -0.05) is 0 Å². The molecule has 0 saturated heterocycles. The van der Waals surface area contributed by atoms with E-state index in [0.717, 1.165) is 0 Å². The first-order chi connectivity index (χ1) is 5.45. The number of alkyl halides is 3. The molecule has 0 fully saturated rings. The van der Waals surface area contributed by atoms with Crippen molar-refractivity contribution in [1.82, 2.24) is 0 Å². The predicted molar refractivity (Wildman–Crippen MR) is 35.5 cm³/mol. The fourth-order valence-electron chi connectivity index (χ4n) is 0.479. The molecule has 0 rings (SSSR count). The van der Waals surface area contributed by atoms with E-state index >= 15 is 0 Å². The molecule has 0 aromatic rings. The minimum absolute atomic E-state index is 0.110. The van der Waals surface area contributed by atoms with Crippen LogP contribution in [0.3, 0.4) is 0 Å². The quantitative estimate of drug-likeness (QED) is 0.512. The highest BCUT2D eigenvalue weighted by Gasteiger charge is 2.42. The van der Waals surface area contributed by atoms with Crippen LogP contribution in [-0.2, 0) is 9.53 Å². The van der Waals surface area contributed by atoms with Gasteiger partial charge in [-0.05, 0) is 6.92 Å². The van der Waals surface area contributed by atoms with Gasteiger partial charge in [0.05, 0.1) is 6.61 Å². The molecule has 0 aromatic heterocycles. The average molecular weight is 185 g/mol. The van der Waals surface area contributed by atoms with Crippen LogP contribution in [0.25, 0.3) is 0 Å². The summed E-state index contributed by atoms with van der Waals surface area (Å²) < 4.78 is 40.8. The smallest absolute Gasteiger partial charge is 0.345 e. The van der Waals surface area contributed by atoms with Crippen molar-refractivity contribution in [3.8, 4) is 0 Å². The molecule has 0 heterocycles. The van der Waals surface area contributed by atoms with Crippen LogP contribution in [0.15, 0.2) is 0 Å². The molecule has 0 aliphatic heterocycles. The van der Waals surface area contributed by atoms with Crippen LogP contribution in [0, 0.1) is 0 Å². The molecule has 0 radical (unpaired) electrons. The molecule has 0 aromatic carbocycles. The summed E-state index contributed by atoms with van der Waals surface area (Å²) in [7, 11) is 0. The number of rotatable bonds is 4. The molecule has 3 nitrogen and oxygen atoms in total. The minimum atomic E-state index is -3.29. The van der Waals surface area contributed by atoms with E-state index in [1.165, 1.54) is 6.92 Å². The SMILES string of the molecule is CCOC(=O)C(F)C(N)(F)CF. The van der Waals surface area contributed by atoms with Crippen LogP contribution < -0.4 is 5.73 Å². The summed E-state index contributed by atoms with van der Waals surface area (Å²) in [4.78, 5) is 10.5. The van der Waals surface area contributed by atoms with Gasteiger partial charge in [0.15, 0.2) is 0 Å². The summed E-state index contributed by atoms with van der Waals surface area (Å²) in [6, 6.07) is 0. The van der Waals surface area contributed by atoms with Gasteiger partial charge in [0, 0.05) is 0 Å². The molecule has 2 atom stereocenters. The molecule has 0 spiro atoms. The lowest BCUT2D eigenvalue weighted by Gasteiger charge is -2.18. The van der Waals surface area contributed by atoms with Crippen molar-refractivity contribution in [1.29, 1.82) is 0 Å². The maximum atomic E-state index is 12.5. The van der Waals surface area contributed by atoms with E-state index in [9.17, 15) is 18.0 Å². The van der Waals surface area contributed by atoms with Crippen molar-refractivity contribution in [3.63, 3.8) is 0 Å². The largest absolute Gasteiger partial charge is 0.464 e. The molecule has 12 heavy (non-hydrogen) atoms. The van der Waals surface area contributed by atoms with Gasteiger partial charge in [0.2, 0.25) is 12.0 Å². The monoisotopic (exact) mass is 185 g/mol. The third kappa shape index (κ3) is 2.69. The van der Waals surface area contributed by atoms with Crippen molar-refractivity contribution in [2.75, 3.05) is 13.3 Å². The summed E-state index contributed by atoms with van der Waals surface area (Å²) in [5.41, 5.74) is 4.47. The number of nitrogens with two attached hydrogens (primary N) is 1. The van der Waals surface area contributed by atoms with E-state index in [4.69, 9.17) is 0 Å². The van der Waals surface area contributed by atoms with Crippen molar-refractivity contribution >= 4 is 5.97 Å². The lowest BCUT2D eigenvalue weighted by atomic mass is 10.2. The Hall–Kier alpha value is -0.780.